The number of aromatic nitrogens is 5. The first-order valence-electron chi connectivity index (χ1n) is 8.60. The van der Waals surface area contributed by atoms with Crippen LogP contribution < -0.4 is 15.8 Å². The van der Waals surface area contributed by atoms with Gasteiger partial charge in [-0.1, -0.05) is 29.4 Å². The molecule has 4 rings (SSSR count). The molecule has 0 spiro atoms. The van der Waals surface area contributed by atoms with Gasteiger partial charge in [0.2, 0.25) is 11.9 Å². The highest BCUT2D eigenvalue weighted by atomic mass is 19.1. The average molecular weight is 393 g/mol. The zero-order valence-electron chi connectivity index (χ0n) is 15.3. The van der Waals surface area contributed by atoms with Crippen molar-refractivity contribution >= 4 is 17.6 Å². The van der Waals surface area contributed by atoms with Crippen molar-refractivity contribution in [2.75, 3.05) is 18.2 Å². The second-order valence-electron chi connectivity index (χ2n) is 5.93. The minimum atomic E-state index is -0.437. The molecular weight excluding hydrogens is 377 g/mol. The van der Waals surface area contributed by atoms with Crippen LogP contribution in [0.1, 0.15) is 11.6 Å². The van der Waals surface area contributed by atoms with E-state index in [1.54, 1.807) is 31.4 Å². The van der Waals surface area contributed by atoms with Crippen LogP contribution in [0.3, 0.4) is 0 Å². The number of benzene rings is 2. The fourth-order valence-electron chi connectivity index (χ4n) is 2.65. The summed E-state index contributed by atoms with van der Waals surface area (Å²) >= 11 is 0. The molecule has 3 N–H and O–H groups in total. The van der Waals surface area contributed by atoms with E-state index >= 15 is 0 Å². The SMILES string of the molecule is COc1ccccc1-c1nc(Cc2nc(N)nc(Nc3ccccc3F)n2)no1. The minimum absolute atomic E-state index is 0.0118. The molecular formula is C19H16FN7O2. The van der Waals surface area contributed by atoms with Crippen LogP contribution in [0.4, 0.5) is 22.0 Å². The lowest BCUT2D eigenvalue weighted by atomic mass is 10.2. The molecule has 0 bridgehead atoms. The van der Waals surface area contributed by atoms with E-state index in [4.69, 9.17) is 15.0 Å². The predicted octanol–water partition coefficient (Wildman–Crippen LogP) is 2.99. The molecule has 0 aliphatic rings. The summed E-state index contributed by atoms with van der Waals surface area (Å²) in [7, 11) is 1.56. The second-order valence-corrected chi connectivity index (χ2v) is 5.93. The van der Waals surface area contributed by atoms with Gasteiger partial charge in [0.15, 0.2) is 5.82 Å². The molecule has 29 heavy (non-hydrogen) atoms. The third-order valence-electron chi connectivity index (χ3n) is 3.94. The van der Waals surface area contributed by atoms with Crippen molar-refractivity contribution in [3.05, 3.63) is 66.0 Å². The number of para-hydroxylation sites is 2. The lowest BCUT2D eigenvalue weighted by Gasteiger charge is -2.07. The summed E-state index contributed by atoms with van der Waals surface area (Å²) in [5.74, 6) is 1.26. The molecule has 0 aliphatic heterocycles. The number of methoxy groups -OCH3 is 1. The highest BCUT2D eigenvalue weighted by Crippen LogP contribution is 2.28. The van der Waals surface area contributed by atoms with E-state index in [0.29, 0.717) is 28.9 Å². The summed E-state index contributed by atoms with van der Waals surface area (Å²) in [6.45, 7) is 0. The molecule has 146 valence electrons. The van der Waals surface area contributed by atoms with Crippen molar-refractivity contribution in [1.29, 1.82) is 0 Å². The Hall–Kier alpha value is -4.08. The fraction of sp³-hybridized carbons (Fsp3) is 0.105. The van der Waals surface area contributed by atoms with Crippen molar-refractivity contribution in [2.45, 2.75) is 6.42 Å². The average Bonchev–Trinajstić information content (AvgIpc) is 3.17. The normalized spacial score (nSPS) is 10.7. The number of hydrogen-bond donors (Lipinski definition) is 2. The molecule has 0 amide bonds. The zero-order valence-corrected chi connectivity index (χ0v) is 15.3. The molecule has 0 atom stereocenters. The van der Waals surface area contributed by atoms with Crippen molar-refractivity contribution in [1.82, 2.24) is 25.1 Å². The molecule has 0 fully saturated rings. The number of halogens is 1. The molecule has 9 nitrogen and oxygen atoms in total. The lowest BCUT2D eigenvalue weighted by Crippen LogP contribution is -2.08. The summed E-state index contributed by atoms with van der Waals surface area (Å²) in [5, 5.41) is 6.74. The second kappa shape index (κ2) is 7.89. The quantitative estimate of drug-likeness (QED) is 0.508. The lowest BCUT2D eigenvalue weighted by molar-refractivity contribution is 0.403. The van der Waals surface area contributed by atoms with E-state index < -0.39 is 5.82 Å². The van der Waals surface area contributed by atoms with Gasteiger partial charge in [0.05, 0.1) is 24.8 Å². The van der Waals surface area contributed by atoms with Crippen LogP contribution >= 0.6 is 0 Å². The summed E-state index contributed by atoms with van der Waals surface area (Å²) in [4.78, 5) is 16.7. The molecule has 0 saturated carbocycles. The number of nitrogen functional groups attached to an aromatic ring is 1. The number of nitrogens with two attached hydrogens (primary N) is 1. The summed E-state index contributed by atoms with van der Waals surface area (Å²) < 4.78 is 24.5. The summed E-state index contributed by atoms with van der Waals surface area (Å²) in [6.07, 6.45) is 0.150. The van der Waals surface area contributed by atoms with E-state index in [-0.39, 0.29) is 24.0 Å². The topological polar surface area (TPSA) is 125 Å². The monoisotopic (exact) mass is 393 g/mol. The molecule has 0 radical (unpaired) electrons. The van der Waals surface area contributed by atoms with Gasteiger partial charge in [-0.3, -0.25) is 0 Å². The van der Waals surface area contributed by atoms with E-state index in [9.17, 15) is 4.39 Å². The third-order valence-corrected chi connectivity index (χ3v) is 3.94. The van der Waals surface area contributed by atoms with Gasteiger partial charge in [-0.15, -0.1) is 0 Å². The van der Waals surface area contributed by atoms with Gasteiger partial charge in [0, 0.05) is 0 Å². The van der Waals surface area contributed by atoms with Gasteiger partial charge in [0.1, 0.15) is 17.4 Å². The number of ether oxygens (including phenoxy) is 1. The van der Waals surface area contributed by atoms with E-state index in [0.717, 1.165) is 0 Å². The Balaban J connectivity index is 1.57. The largest absolute Gasteiger partial charge is 0.496 e. The Bertz CT molecular complexity index is 1150. The van der Waals surface area contributed by atoms with Gasteiger partial charge in [-0.05, 0) is 24.3 Å². The van der Waals surface area contributed by atoms with Crippen molar-refractivity contribution in [2.24, 2.45) is 0 Å². The van der Waals surface area contributed by atoms with Crippen LogP contribution in [-0.4, -0.2) is 32.2 Å². The first kappa shape index (κ1) is 18.3. The van der Waals surface area contributed by atoms with Crippen molar-refractivity contribution in [3.8, 4) is 17.2 Å². The Morgan fingerprint density at radius 2 is 1.79 bits per heavy atom. The molecule has 4 aromatic rings. The van der Waals surface area contributed by atoms with Crippen LogP contribution in [0, 0.1) is 5.82 Å². The Kier molecular flexibility index (Phi) is 4.97. The molecule has 2 aromatic heterocycles. The Labute approximate surface area is 164 Å². The van der Waals surface area contributed by atoms with E-state index in [2.05, 4.69) is 30.4 Å². The van der Waals surface area contributed by atoms with Crippen LogP contribution in [0.5, 0.6) is 5.75 Å². The maximum absolute atomic E-state index is 13.8. The van der Waals surface area contributed by atoms with E-state index in [1.165, 1.54) is 6.07 Å². The van der Waals surface area contributed by atoms with Crippen LogP contribution in [0.2, 0.25) is 0 Å². The number of rotatable bonds is 6. The van der Waals surface area contributed by atoms with Crippen LogP contribution in [-0.2, 0) is 6.42 Å². The van der Waals surface area contributed by atoms with Crippen molar-refractivity contribution < 1.29 is 13.7 Å². The maximum Gasteiger partial charge on any atom is 0.261 e. The number of hydrogen-bond acceptors (Lipinski definition) is 9. The van der Waals surface area contributed by atoms with Gasteiger partial charge in [0.25, 0.3) is 5.89 Å². The Morgan fingerprint density at radius 3 is 2.62 bits per heavy atom. The standard InChI is InChI=1S/C19H16FN7O2/c1-28-14-9-5-2-6-11(14)17-23-16(27-29-17)10-15-24-18(21)26-19(25-15)22-13-8-4-3-7-12(13)20/h2-9H,10H2,1H3,(H3,21,22,24,25,26). The predicted molar refractivity (Wildman–Crippen MR) is 103 cm³/mol. The summed E-state index contributed by atoms with van der Waals surface area (Å²) in [5.41, 5.74) is 6.66. The molecule has 2 heterocycles. The molecule has 0 unspecified atom stereocenters. The van der Waals surface area contributed by atoms with E-state index in [1.807, 2.05) is 18.2 Å². The molecule has 0 saturated heterocycles. The maximum atomic E-state index is 13.8. The highest BCUT2D eigenvalue weighted by Gasteiger charge is 2.15. The third kappa shape index (κ3) is 4.10. The van der Waals surface area contributed by atoms with Gasteiger partial charge >= 0.3 is 0 Å². The van der Waals surface area contributed by atoms with Gasteiger partial charge in [-0.2, -0.15) is 19.9 Å². The first-order valence-corrected chi connectivity index (χ1v) is 8.60. The highest BCUT2D eigenvalue weighted by molar-refractivity contribution is 5.62. The number of nitrogens with zero attached hydrogens (tertiary/aromatic N) is 5. The molecule has 2 aromatic carbocycles. The minimum Gasteiger partial charge on any atom is -0.496 e. The fourth-order valence-corrected chi connectivity index (χ4v) is 2.65. The number of anilines is 3. The smallest absolute Gasteiger partial charge is 0.261 e. The zero-order chi connectivity index (χ0) is 20.2. The van der Waals surface area contributed by atoms with Crippen LogP contribution in [0.25, 0.3) is 11.5 Å². The molecule has 0 aliphatic carbocycles. The summed E-state index contributed by atoms with van der Waals surface area (Å²) in [6, 6.07) is 13.5. The van der Waals surface area contributed by atoms with Crippen LogP contribution in [0.15, 0.2) is 53.1 Å². The van der Waals surface area contributed by atoms with Gasteiger partial charge in [-0.25, -0.2) is 4.39 Å². The number of nitrogens with one attached hydrogen (secondary N) is 1. The first-order chi connectivity index (χ1) is 14.1. The van der Waals surface area contributed by atoms with Crippen molar-refractivity contribution in [3.63, 3.8) is 0 Å². The molecule has 10 heteroatoms. The van der Waals surface area contributed by atoms with Gasteiger partial charge < -0.3 is 20.3 Å². The Morgan fingerprint density at radius 1 is 1.00 bits per heavy atom.